The first-order valence-corrected chi connectivity index (χ1v) is 14.4. The first-order valence-electron chi connectivity index (χ1n) is 13.6. The molecule has 2 aliphatic rings. The van der Waals surface area contributed by atoms with Crippen LogP contribution < -0.4 is 14.2 Å². The van der Waals surface area contributed by atoms with E-state index in [0.29, 0.717) is 50.2 Å². The highest BCUT2D eigenvalue weighted by Crippen LogP contribution is 2.41. The van der Waals surface area contributed by atoms with Crippen LogP contribution in [0.1, 0.15) is 22.5 Å². The number of aromatic nitrogens is 1. The molecule has 208 valence electrons. The van der Waals surface area contributed by atoms with E-state index in [1.165, 1.54) is 0 Å². The van der Waals surface area contributed by atoms with Crippen LogP contribution in [0.25, 0.3) is 32.1 Å². The maximum absolute atomic E-state index is 13.6. The molecule has 1 saturated heterocycles. The van der Waals surface area contributed by atoms with Crippen LogP contribution in [-0.2, 0) is 11.3 Å². The average molecular weight is 569 g/mol. The second-order valence-electron chi connectivity index (χ2n) is 10.0. The van der Waals surface area contributed by atoms with Crippen molar-refractivity contribution in [2.24, 2.45) is 0 Å². The largest absolute Gasteiger partial charge is 0.497 e. The number of rotatable bonds is 6. The van der Waals surface area contributed by atoms with E-state index in [-0.39, 0.29) is 17.8 Å². The van der Waals surface area contributed by atoms with Gasteiger partial charge in [-0.05, 0) is 60.7 Å². The summed E-state index contributed by atoms with van der Waals surface area (Å²) in [6.45, 7) is 2.31. The number of methoxy groups -OCH3 is 1. The van der Waals surface area contributed by atoms with E-state index in [1.807, 2.05) is 54.6 Å². The second-order valence-corrected chi connectivity index (χ2v) is 11.1. The zero-order chi connectivity index (χ0) is 27.8. The number of furan rings is 1. The molecule has 0 aliphatic carbocycles. The number of carbonyl (C=O) groups excluding carboxylic acids is 1. The van der Waals surface area contributed by atoms with Gasteiger partial charge in [0.25, 0.3) is 5.91 Å². The number of benzene rings is 3. The van der Waals surface area contributed by atoms with Crippen molar-refractivity contribution in [3.8, 4) is 39.1 Å². The summed E-state index contributed by atoms with van der Waals surface area (Å²) in [6.07, 6.45) is 0.772. The Morgan fingerprint density at radius 2 is 1.90 bits per heavy atom. The summed E-state index contributed by atoms with van der Waals surface area (Å²) in [7, 11) is 1.63. The van der Waals surface area contributed by atoms with Crippen molar-refractivity contribution < 1.29 is 28.2 Å². The van der Waals surface area contributed by atoms with Crippen molar-refractivity contribution in [3.63, 3.8) is 0 Å². The summed E-state index contributed by atoms with van der Waals surface area (Å²) in [5, 5.41) is 0.888. The molecule has 1 amide bonds. The zero-order valence-electron chi connectivity index (χ0n) is 22.5. The first kappa shape index (κ1) is 25.6. The SMILES string of the molecule is COc1ccc(-c2ccc(C(=O)N3CCOc4c(cc(-c5nc6ccccc6s5)cc4OC4CCOC4)C3)o2)cc1. The molecule has 5 aromatic rings. The van der Waals surface area contributed by atoms with Crippen LogP contribution in [0.3, 0.4) is 0 Å². The van der Waals surface area contributed by atoms with Crippen molar-refractivity contribution in [2.75, 3.05) is 33.5 Å². The van der Waals surface area contributed by atoms with Gasteiger partial charge in [0, 0.05) is 23.1 Å². The third-order valence-electron chi connectivity index (χ3n) is 7.30. The highest BCUT2D eigenvalue weighted by atomic mass is 32.1. The standard InChI is InChI=1S/C32H28N2O6S/c1-36-23-8-6-20(7-9-23)26-10-11-27(40-26)32(35)34-13-15-38-30-22(18-34)16-21(17-28(30)39-24-12-14-37-19-24)31-33-25-4-2-3-5-29(25)41-31/h2-11,16-17,24H,12-15,18-19H2,1H3. The molecule has 4 heterocycles. The highest BCUT2D eigenvalue weighted by Gasteiger charge is 2.28. The lowest BCUT2D eigenvalue weighted by atomic mass is 10.1. The Labute approximate surface area is 241 Å². The number of para-hydroxylation sites is 1. The number of thiazole rings is 1. The fourth-order valence-corrected chi connectivity index (χ4v) is 6.12. The van der Waals surface area contributed by atoms with Gasteiger partial charge in [-0.2, -0.15) is 0 Å². The van der Waals surface area contributed by atoms with Gasteiger partial charge in [0.1, 0.15) is 29.2 Å². The minimum absolute atomic E-state index is 0.0474. The molecule has 1 unspecified atom stereocenters. The van der Waals surface area contributed by atoms with Gasteiger partial charge in [-0.25, -0.2) is 4.98 Å². The van der Waals surface area contributed by atoms with Crippen LogP contribution in [0, 0.1) is 0 Å². The van der Waals surface area contributed by atoms with Gasteiger partial charge in [-0.15, -0.1) is 11.3 Å². The molecule has 8 nitrogen and oxygen atoms in total. The van der Waals surface area contributed by atoms with Crippen molar-refractivity contribution in [1.29, 1.82) is 0 Å². The Bertz CT molecular complexity index is 1670. The van der Waals surface area contributed by atoms with Crippen molar-refractivity contribution >= 4 is 27.5 Å². The molecule has 41 heavy (non-hydrogen) atoms. The van der Waals surface area contributed by atoms with Gasteiger partial charge in [-0.3, -0.25) is 4.79 Å². The number of hydrogen-bond donors (Lipinski definition) is 0. The Morgan fingerprint density at radius 3 is 2.71 bits per heavy atom. The number of hydrogen-bond acceptors (Lipinski definition) is 8. The lowest BCUT2D eigenvalue weighted by Crippen LogP contribution is -2.32. The Balaban J connectivity index is 1.20. The Hall–Kier alpha value is -4.34. The molecule has 3 aromatic carbocycles. The number of ether oxygens (including phenoxy) is 4. The minimum atomic E-state index is -0.196. The van der Waals surface area contributed by atoms with E-state index < -0.39 is 0 Å². The fraction of sp³-hybridized carbons (Fsp3) is 0.250. The van der Waals surface area contributed by atoms with E-state index in [9.17, 15) is 4.79 Å². The van der Waals surface area contributed by atoms with E-state index in [2.05, 4.69) is 12.1 Å². The van der Waals surface area contributed by atoms with E-state index in [0.717, 1.165) is 44.1 Å². The summed E-state index contributed by atoms with van der Waals surface area (Å²) in [6, 6.07) is 23.2. The minimum Gasteiger partial charge on any atom is -0.497 e. The van der Waals surface area contributed by atoms with Crippen LogP contribution in [0.5, 0.6) is 17.2 Å². The van der Waals surface area contributed by atoms with Crippen LogP contribution >= 0.6 is 11.3 Å². The summed E-state index contributed by atoms with van der Waals surface area (Å²) < 4.78 is 30.6. The Morgan fingerprint density at radius 1 is 1.02 bits per heavy atom. The van der Waals surface area contributed by atoms with Gasteiger partial charge in [-0.1, -0.05) is 12.1 Å². The molecule has 0 saturated carbocycles. The number of nitrogens with zero attached hydrogens (tertiary/aromatic N) is 2. The van der Waals surface area contributed by atoms with Gasteiger partial charge in [0.05, 0.1) is 43.6 Å². The molecule has 2 aromatic heterocycles. The second kappa shape index (κ2) is 10.9. The summed E-state index contributed by atoms with van der Waals surface area (Å²) in [4.78, 5) is 20.3. The number of amides is 1. The van der Waals surface area contributed by atoms with E-state index in [4.69, 9.17) is 28.3 Å². The summed E-state index contributed by atoms with van der Waals surface area (Å²) in [5.41, 5.74) is 3.61. The predicted octanol–water partition coefficient (Wildman–Crippen LogP) is 6.43. The van der Waals surface area contributed by atoms with Crippen molar-refractivity contribution in [1.82, 2.24) is 9.88 Å². The molecule has 0 radical (unpaired) electrons. The monoisotopic (exact) mass is 568 g/mol. The molecular weight excluding hydrogens is 540 g/mol. The number of carbonyl (C=O) groups is 1. The van der Waals surface area contributed by atoms with E-state index >= 15 is 0 Å². The molecule has 2 aliphatic heterocycles. The van der Waals surface area contributed by atoms with Crippen molar-refractivity contribution in [2.45, 2.75) is 19.1 Å². The summed E-state index contributed by atoms with van der Waals surface area (Å²) in [5.74, 6) is 2.78. The number of fused-ring (bicyclic) bond motifs is 2. The molecule has 0 bridgehead atoms. The van der Waals surface area contributed by atoms with Gasteiger partial charge in [0.2, 0.25) is 0 Å². The Kier molecular flexibility index (Phi) is 6.82. The molecule has 1 fully saturated rings. The maximum atomic E-state index is 13.6. The topological polar surface area (TPSA) is 83.3 Å². The van der Waals surface area contributed by atoms with Gasteiger partial charge in [0.15, 0.2) is 17.3 Å². The zero-order valence-corrected chi connectivity index (χ0v) is 23.3. The molecule has 0 spiro atoms. The smallest absolute Gasteiger partial charge is 0.290 e. The van der Waals surface area contributed by atoms with E-state index in [1.54, 1.807) is 29.4 Å². The lowest BCUT2D eigenvalue weighted by Gasteiger charge is -2.20. The molecule has 9 heteroatoms. The first-order chi connectivity index (χ1) is 20.1. The maximum Gasteiger partial charge on any atom is 0.290 e. The third kappa shape index (κ3) is 5.14. The van der Waals surface area contributed by atoms with Crippen LogP contribution in [0.4, 0.5) is 0 Å². The predicted molar refractivity (Wildman–Crippen MR) is 156 cm³/mol. The molecule has 7 rings (SSSR count). The lowest BCUT2D eigenvalue weighted by molar-refractivity contribution is 0.0701. The van der Waals surface area contributed by atoms with Gasteiger partial charge >= 0.3 is 0 Å². The molecule has 0 N–H and O–H groups in total. The molecule has 1 atom stereocenters. The van der Waals surface area contributed by atoms with Crippen LogP contribution in [0.2, 0.25) is 0 Å². The summed E-state index contributed by atoms with van der Waals surface area (Å²) >= 11 is 1.63. The normalized spacial score (nSPS) is 16.7. The third-order valence-corrected chi connectivity index (χ3v) is 8.39. The fourth-order valence-electron chi connectivity index (χ4n) is 5.17. The average Bonchev–Trinajstić information content (AvgIpc) is 3.76. The van der Waals surface area contributed by atoms with Crippen LogP contribution in [0.15, 0.2) is 77.2 Å². The highest BCUT2D eigenvalue weighted by molar-refractivity contribution is 7.21. The quantitative estimate of drug-likeness (QED) is 0.233. The van der Waals surface area contributed by atoms with Crippen molar-refractivity contribution in [3.05, 3.63) is 84.1 Å². The van der Waals surface area contributed by atoms with Crippen LogP contribution in [-0.4, -0.2) is 55.4 Å². The van der Waals surface area contributed by atoms with Gasteiger partial charge < -0.3 is 28.3 Å². The molecular formula is C32H28N2O6S.